The predicted octanol–water partition coefficient (Wildman–Crippen LogP) is 3.01. The molecule has 0 atom stereocenters. The lowest BCUT2D eigenvalue weighted by Gasteiger charge is -2.22. The Hall–Kier alpha value is -2.69. The summed E-state index contributed by atoms with van der Waals surface area (Å²) in [5.41, 5.74) is 3.62. The summed E-state index contributed by atoms with van der Waals surface area (Å²) in [5, 5.41) is 10.7. The standard InChI is InChI=1S/C19H21NO4/c1-22-15-7-5-4-6-12(15)10-14-17-13(8-9-20-14)11-16(23-2)19(24-3)18(17)21/h4-7,11,21H,8-10H2,1-3H3. The van der Waals surface area contributed by atoms with E-state index < -0.39 is 0 Å². The molecule has 0 saturated heterocycles. The number of methoxy groups -OCH3 is 3. The summed E-state index contributed by atoms with van der Waals surface area (Å²) in [6.07, 6.45) is 1.35. The van der Waals surface area contributed by atoms with Gasteiger partial charge in [0, 0.05) is 24.1 Å². The number of aromatic hydroxyl groups is 1. The Bertz CT molecular complexity index is 783. The first kappa shape index (κ1) is 16.2. The minimum absolute atomic E-state index is 0.0835. The third-order valence-corrected chi connectivity index (χ3v) is 4.25. The van der Waals surface area contributed by atoms with Crippen LogP contribution in [0.25, 0.3) is 0 Å². The smallest absolute Gasteiger partial charge is 0.203 e. The van der Waals surface area contributed by atoms with E-state index in [1.54, 1.807) is 14.2 Å². The lowest BCUT2D eigenvalue weighted by atomic mass is 9.92. The van der Waals surface area contributed by atoms with E-state index in [0.29, 0.717) is 24.5 Å². The first-order valence-electron chi connectivity index (χ1n) is 7.82. The van der Waals surface area contributed by atoms with Crippen LogP contribution in [0.3, 0.4) is 0 Å². The number of fused-ring (bicyclic) bond motifs is 1. The molecule has 0 bridgehead atoms. The third-order valence-electron chi connectivity index (χ3n) is 4.25. The van der Waals surface area contributed by atoms with Crippen molar-refractivity contribution < 1.29 is 19.3 Å². The number of benzene rings is 2. The van der Waals surface area contributed by atoms with Crippen molar-refractivity contribution in [3.05, 3.63) is 47.0 Å². The van der Waals surface area contributed by atoms with E-state index in [2.05, 4.69) is 4.99 Å². The van der Waals surface area contributed by atoms with E-state index in [4.69, 9.17) is 14.2 Å². The van der Waals surface area contributed by atoms with Crippen molar-refractivity contribution in [2.75, 3.05) is 27.9 Å². The first-order chi connectivity index (χ1) is 11.7. The minimum atomic E-state index is 0.0835. The third kappa shape index (κ3) is 2.77. The van der Waals surface area contributed by atoms with E-state index in [0.717, 1.165) is 34.6 Å². The Kier molecular flexibility index (Phi) is 4.60. The van der Waals surface area contributed by atoms with Gasteiger partial charge in [0.2, 0.25) is 5.75 Å². The van der Waals surface area contributed by atoms with E-state index in [1.807, 2.05) is 30.3 Å². The molecule has 5 heteroatoms. The minimum Gasteiger partial charge on any atom is -0.504 e. The number of aliphatic imine (C=N–C) groups is 1. The lowest BCUT2D eigenvalue weighted by Crippen LogP contribution is -2.16. The zero-order valence-electron chi connectivity index (χ0n) is 14.1. The largest absolute Gasteiger partial charge is 0.504 e. The summed E-state index contributed by atoms with van der Waals surface area (Å²) in [4.78, 5) is 4.64. The van der Waals surface area contributed by atoms with Crippen LogP contribution in [0.2, 0.25) is 0 Å². The van der Waals surface area contributed by atoms with Gasteiger partial charge in [0.1, 0.15) is 5.75 Å². The van der Waals surface area contributed by atoms with Crippen molar-refractivity contribution in [2.24, 2.45) is 4.99 Å². The molecule has 1 aliphatic heterocycles. The van der Waals surface area contributed by atoms with Gasteiger partial charge in [-0.3, -0.25) is 4.99 Å². The molecule has 2 aromatic carbocycles. The van der Waals surface area contributed by atoms with Crippen molar-refractivity contribution in [3.63, 3.8) is 0 Å². The highest BCUT2D eigenvalue weighted by Crippen LogP contribution is 2.43. The molecule has 5 nitrogen and oxygen atoms in total. The summed E-state index contributed by atoms with van der Waals surface area (Å²) in [6, 6.07) is 9.76. The number of hydrogen-bond donors (Lipinski definition) is 1. The number of phenolic OH excluding ortho intramolecular Hbond substituents is 1. The van der Waals surface area contributed by atoms with Gasteiger partial charge in [-0.15, -0.1) is 0 Å². The number of para-hydroxylation sites is 1. The van der Waals surface area contributed by atoms with E-state index in [1.165, 1.54) is 7.11 Å². The second-order valence-electron chi connectivity index (χ2n) is 5.56. The second-order valence-corrected chi connectivity index (χ2v) is 5.56. The number of phenols is 1. The predicted molar refractivity (Wildman–Crippen MR) is 93.0 cm³/mol. The molecular formula is C19H21NO4. The van der Waals surface area contributed by atoms with Gasteiger partial charge in [-0.05, 0) is 24.1 Å². The van der Waals surface area contributed by atoms with Crippen molar-refractivity contribution in [2.45, 2.75) is 12.8 Å². The monoisotopic (exact) mass is 327 g/mol. The number of nitrogens with zero attached hydrogens (tertiary/aromatic N) is 1. The molecule has 1 N–H and O–H groups in total. The van der Waals surface area contributed by atoms with Crippen molar-refractivity contribution >= 4 is 5.71 Å². The zero-order chi connectivity index (χ0) is 17.1. The van der Waals surface area contributed by atoms with Crippen LogP contribution in [0.4, 0.5) is 0 Å². The molecule has 0 saturated carbocycles. The fraction of sp³-hybridized carbons (Fsp3) is 0.316. The Morgan fingerprint density at radius 1 is 1.04 bits per heavy atom. The van der Waals surface area contributed by atoms with Crippen LogP contribution in [0.5, 0.6) is 23.0 Å². The van der Waals surface area contributed by atoms with E-state index in [-0.39, 0.29) is 5.75 Å². The SMILES string of the molecule is COc1ccccc1CC1=NCCc2cc(OC)c(OC)c(O)c21. The van der Waals surface area contributed by atoms with Crippen molar-refractivity contribution in [3.8, 4) is 23.0 Å². The fourth-order valence-corrected chi connectivity index (χ4v) is 3.11. The summed E-state index contributed by atoms with van der Waals surface area (Å²) in [6.45, 7) is 0.687. The average molecular weight is 327 g/mol. The van der Waals surface area contributed by atoms with Crippen LogP contribution < -0.4 is 14.2 Å². The van der Waals surface area contributed by atoms with Crippen LogP contribution in [0.1, 0.15) is 16.7 Å². The van der Waals surface area contributed by atoms with Gasteiger partial charge in [-0.25, -0.2) is 0 Å². The Balaban J connectivity index is 2.06. The van der Waals surface area contributed by atoms with E-state index >= 15 is 0 Å². The molecule has 0 aromatic heterocycles. The van der Waals surface area contributed by atoms with Crippen LogP contribution in [-0.4, -0.2) is 38.7 Å². The first-order valence-corrected chi connectivity index (χ1v) is 7.82. The van der Waals surface area contributed by atoms with Gasteiger partial charge >= 0.3 is 0 Å². The molecule has 0 spiro atoms. The quantitative estimate of drug-likeness (QED) is 0.917. The topological polar surface area (TPSA) is 60.3 Å². The maximum Gasteiger partial charge on any atom is 0.203 e. The molecule has 0 fully saturated rings. The molecule has 1 aliphatic rings. The maximum absolute atomic E-state index is 10.7. The van der Waals surface area contributed by atoms with Gasteiger partial charge in [0.15, 0.2) is 11.5 Å². The molecule has 0 unspecified atom stereocenters. The molecule has 24 heavy (non-hydrogen) atoms. The van der Waals surface area contributed by atoms with Crippen LogP contribution in [0.15, 0.2) is 35.3 Å². The van der Waals surface area contributed by atoms with Crippen molar-refractivity contribution in [1.82, 2.24) is 0 Å². The molecule has 0 amide bonds. The summed E-state index contributed by atoms with van der Waals surface area (Å²) >= 11 is 0. The summed E-state index contributed by atoms with van der Waals surface area (Å²) in [5.74, 6) is 1.77. The van der Waals surface area contributed by atoms with Gasteiger partial charge < -0.3 is 19.3 Å². The Morgan fingerprint density at radius 2 is 1.79 bits per heavy atom. The van der Waals surface area contributed by atoms with Gasteiger partial charge in [0.05, 0.1) is 27.0 Å². The number of hydrogen-bond acceptors (Lipinski definition) is 5. The number of rotatable bonds is 5. The average Bonchev–Trinajstić information content (AvgIpc) is 2.62. The van der Waals surface area contributed by atoms with Crippen LogP contribution in [-0.2, 0) is 12.8 Å². The molecule has 0 aliphatic carbocycles. The van der Waals surface area contributed by atoms with Crippen molar-refractivity contribution in [1.29, 1.82) is 0 Å². The molecule has 1 heterocycles. The highest BCUT2D eigenvalue weighted by molar-refractivity contribution is 6.07. The fourth-order valence-electron chi connectivity index (χ4n) is 3.11. The van der Waals surface area contributed by atoms with Crippen LogP contribution >= 0.6 is 0 Å². The maximum atomic E-state index is 10.7. The molecular weight excluding hydrogens is 306 g/mol. The highest BCUT2D eigenvalue weighted by atomic mass is 16.5. The van der Waals surface area contributed by atoms with Crippen LogP contribution in [0, 0.1) is 0 Å². The van der Waals surface area contributed by atoms with Gasteiger partial charge in [-0.1, -0.05) is 18.2 Å². The molecule has 126 valence electrons. The normalized spacial score (nSPS) is 13.0. The van der Waals surface area contributed by atoms with E-state index in [9.17, 15) is 5.11 Å². The molecule has 2 aromatic rings. The van der Waals surface area contributed by atoms with Gasteiger partial charge in [0.25, 0.3) is 0 Å². The zero-order valence-corrected chi connectivity index (χ0v) is 14.1. The lowest BCUT2D eigenvalue weighted by molar-refractivity contribution is 0.332. The molecule has 0 radical (unpaired) electrons. The molecule has 3 rings (SSSR count). The summed E-state index contributed by atoms with van der Waals surface area (Å²) in [7, 11) is 4.74. The number of ether oxygens (including phenoxy) is 3. The van der Waals surface area contributed by atoms with Gasteiger partial charge in [-0.2, -0.15) is 0 Å². The second kappa shape index (κ2) is 6.83. The summed E-state index contributed by atoms with van der Waals surface area (Å²) < 4.78 is 16.1. The Labute approximate surface area is 141 Å². The highest BCUT2D eigenvalue weighted by Gasteiger charge is 2.25. The Morgan fingerprint density at radius 3 is 2.50 bits per heavy atom.